The van der Waals surface area contributed by atoms with Crippen molar-refractivity contribution in [2.45, 2.75) is 32.0 Å². The summed E-state index contributed by atoms with van der Waals surface area (Å²) >= 11 is 0. The molecule has 2 atom stereocenters. The van der Waals surface area contributed by atoms with Crippen molar-refractivity contribution < 1.29 is 14.6 Å². The van der Waals surface area contributed by atoms with Crippen LogP contribution in [0.5, 0.6) is 0 Å². The molecule has 0 radical (unpaired) electrons. The summed E-state index contributed by atoms with van der Waals surface area (Å²) < 4.78 is 5.53. The Balaban J connectivity index is 1.95. The van der Waals surface area contributed by atoms with Gasteiger partial charge in [0.25, 0.3) is 5.91 Å². The molecule has 4 nitrogen and oxygen atoms in total. The molecular weight excluding hydrogens is 230 g/mol. The normalized spacial score (nSPS) is 25.8. The quantitative estimate of drug-likeness (QED) is 0.769. The monoisotopic (exact) mass is 249 g/mol. The van der Waals surface area contributed by atoms with Gasteiger partial charge in [-0.1, -0.05) is 12.1 Å². The number of rotatable bonds is 5. The van der Waals surface area contributed by atoms with E-state index in [2.05, 4.69) is 19.2 Å². The van der Waals surface area contributed by atoms with E-state index in [9.17, 15) is 4.79 Å². The summed E-state index contributed by atoms with van der Waals surface area (Å²) in [4.78, 5) is 11.6. The molecule has 0 saturated carbocycles. The summed E-state index contributed by atoms with van der Waals surface area (Å²) in [5.41, 5.74) is 1.74. The second-order valence-corrected chi connectivity index (χ2v) is 4.93. The van der Waals surface area contributed by atoms with E-state index in [1.807, 2.05) is 12.1 Å². The van der Waals surface area contributed by atoms with Gasteiger partial charge in [-0.15, -0.1) is 0 Å². The first-order valence-corrected chi connectivity index (χ1v) is 6.21. The van der Waals surface area contributed by atoms with Gasteiger partial charge in [0.15, 0.2) is 0 Å². The second-order valence-electron chi connectivity index (χ2n) is 4.93. The Hall–Kier alpha value is -1.39. The molecule has 0 aliphatic carbocycles. The molecule has 18 heavy (non-hydrogen) atoms. The topological polar surface area (TPSA) is 61.9 Å². The van der Waals surface area contributed by atoms with Crippen LogP contribution in [-0.2, 0) is 11.2 Å². The van der Waals surface area contributed by atoms with E-state index in [4.69, 9.17) is 9.84 Å². The fraction of sp³-hybridized carbons (Fsp3) is 0.500. The van der Waals surface area contributed by atoms with Crippen LogP contribution in [0.1, 0.15) is 29.8 Å². The van der Waals surface area contributed by atoms with Crippen LogP contribution in [0.2, 0.25) is 0 Å². The first kappa shape index (κ1) is 13.1. The SMILES string of the molecule is C[C@@H]1O[C@@]1(C)Cc1ccc(C(=O)NCCO)cc1. The first-order chi connectivity index (χ1) is 8.55. The van der Waals surface area contributed by atoms with Gasteiger partial charge < -0.3 is 15.2 Å². The summed E-state index contributed by atoms with van der Waals surface area (Å²) in [6.07, 6.45) is 1.18. The highest BCUT2D eigenvalue weighted by molar-refractivity contribution is 5.94. The van der Waals surface area contributed by atoms with Crippen LogP contribution in [0.15, 0.2) is 24.3 Å². The zero-order valence-corrected chi connectivity index (χ0v) is 10.8. The number of hydrogen-bond donors (Lipinski definition) is 2. The van der Waals surface area contributed by atoms with E-state index >= 15 is 0 Å². The molecule has 1 aromatic carbocycles. The maximum absolute atomic E-state index is 11.6. The van der Waals surface area contributed by atoms with Crippen LogP contribution in [0.25, 0.3) is 0 Å². The molecule has 0 aromatic heterocycles. The van der Waals surface area contributed by atoms with E-state index in [1.54, 1.807) is 12.1 Å². The number of aliphatic hydroxyl groups is 1. The molecule has 2 rings (SSSR count). The summed E-state index contributed by atoms with van der Waals surface area (Å²) in [5, 5.41) is 11.3. The summed E-state index contributed by atoms with van der Waals surface area (Å²) in [6.45, 7) is 4.40. The lowest BCUT2D eigenvalue weighted by Gasteiger charge is -2.07. The molecule has 0 bridgehead atoms. The molecule has 1 aliphatic rings. The third kappa shape index (κ3) is 2.89. The highest BCUT2D eigenvalue weighted by Gasteiger charge is 2.48. The van der Waals surface area contributed by atoms with Crippen LogP contribution in [0, 0.1) is 0 Å². The van der Waals surface area contributed by atoms with E-state index in [0.29, 0.717) is 11.7 Å². The lowest BCUT2D eigenvalue weighted by molar-refractivity contribution is 0.0945. The average Bonchev–Trinajstić information content (AvgIpc) is 2.94. The maximum atomic E-state index is 11.6. The standard InChI is InChI=1S/C14H19NO3/c1-10-14(2,18-10)9-11-3-5-12(6-4-11)13(17)15-7-8-16/h3-6,10,16H,7-9H2,1-2H3,(H,15,17)/t10-,14-/m0/s1. The summed E-state index contributed by atoms with van der Waals surface area (Å²) in [6, 6.07) is 7.51. The number of hydrogen-bond acceptors (Lipinski definition) is 3. The van der Waals surface area contributed by atoms with Crippen molar-refractivity contribution in [1.29, 1.82) is 0 Å². The number of epoxide rings is 1. The highest BCUT2D eigenvalue weighted by atomic mass is 16.6. The van der Waals surface area contributed by atoms with Crippen molar-refractivity contribution in [2.75, 3.05) is 13.2 Å². The molecule has 4 heteroatoms. The predicted octanol–water partition coefficient (Wildman–Crippen LogP) is 1.13. The Kier molecular flexibility index (Phi) is 3.68. The van der Waals surface area contributed by atoms with E-state index in [-0.39, 0.29) is 24.7 Å². The molecule has 1 aliphatic heterocycles. The molecule has 1 saturated heterocycles. The number of aliphatic hydroxyl groups excluding tert-OH is 1. The number of amides is 1. The zero-order chi connectivity index (χ0) is 13.2. The van der Waals surface area contributed by atoms with Gasteiger partial charge in [-0.2, -0.15) is 0 Å². The van der Waals surface area contributed by atoms with Gasteiger partial charge in [-0.25, -0.2) is 0 Å². The van der Waals surface area contributed by atoms with Crippen LogP contribution < -0.4 is 5.32 Å². The van der Waals surface area contributed by atoms with Gasteiger partial charge in [-0.05, 0) is 31.5 Å². The van der Waals surface area contributed by atoms with Crippen LogP contribution >= 0.6 is 0 Å². The van der Waals surface area contributed by atoms with Crippen LogP contribution in [0.3, 0.4) is 0 Å². The summed E-state index contributed by atoms with van der Waals surface area (Å²) in [7, 11) is 0. The highest BCUT2D eigenvalue weighted by Crippen LogP contribution is 2.38. The Morgan fingerprint density at radius 1 is 1.44 bits per heavy atom. The lowest BCUT2D eigenvalue weighted by atomic mass is 9.97. The smallest absolute Gasteiger partial charge is 0.251 e. The van der Waals surface area contributed by atoms with Crippen molar-refractivity contribution >= 4 is 5.91 Å². The average molecular weight is 249 g/mol. The van der Waals surface area contributed by atoms with Crippen molar-refractivity contribution in [1.82, 2.24) is 5.32 Å². The fourth-order valence-corrected chi connectivity index (χ4v) is 2.01. The van der Waals surface area contributed by atoms with Crippen LogP contribution in [-0.4, -0.2) is 35.9 Å². The molecule has 1 aromatic rings. The zero-order valence-electron chi connectivity index (χ0n) is 10.8. The Bertz CT molecular complexity index is 429. The molecule has 1 amide bonds. The van der Waals surface area contributed by atoms with E-state index in [1.165, 1.54) is 5.56 Å². The predicted molar refractivity (Wildman–Crippen MR) is 68.5 cm³/mol. The maximum Gasteiger partial charge on any atom is 0.251 e. The second kappa shape index (κ2) is 5.08. The molecular formula is C14H19NO3. The molecule has 0 spiro atoms. The van der Waals surface area contributed by atoms with Crippen molar-refractivity contribution in [2.24, 2.45) is 0 Å². The van der Waals surface area contributed by atoms with E-state index < -0.39 is 0 Å². The number of nitrogens with one attached hydrogen (secondary N) is 1. The van der Waals surface area contributed by atoms with Gasteiger partial charge in [0.2, 0.25) is 0 Å². The van der Waals surface area contributed by atoms with Crippen molar-refractivity contribution in [3.05, 3.63) is 35.4 Å². The van der Waals surface area contributed by atoms with Gasteiger partial charge >= 0.3 is 0 Å². The number of carbonyl (C=O) groups excluding carboxylic acids is 1. The van der Waals surface area contributed by atoms with Gasteiger partial charge in [0, 0.05) is 18.5 Å². The Morgan fingerprint density at radius 2 is 2.06 bits per heavy atom. The first-order valence-electron chi connectivity index (χ1n) is 6.21. The molecule has 2 N–H and O–H groups in total. The minimum absolute atomic E-state index is 0.0410. The van der Waals surface area contributed by atoms with Crippen LogP contribution in [0.4, 0.5) is 0 Å². The molecule has 1 fully saturated rings. The largest absolute Gasteiger partial charge is 0.395 e. The Labute approximate surface area is 107 Å². The van der Waals surface area contributed by atoms with E-state index in [0.717, 1.165) is 6.42 Å². The minimum atomic E-state index is -0.155. The van der Waals surface area contributed by atoms with Gasteiger partial charge in [0.1, 0.15) is 0 Å². The Morgan fingerprint density at radius 3 is 2.56 bits per heavy atom. The summed E-state index contributed by atoms with van der Waals surface area (Å²) in [5.74, 6) is -0.155. The number of carbonyl (C=O) groups is 1. The number of ether oxygens (including phenoxy) is 1. The van der Waals surface area contributed by atoms with Crippen molar-refractivity contribution in [3.63, 3.8) is 0 Å². The number of benzene rings is 1. The fourth-order valence-electron chi connectivity index (χ4n) is 2.01. The third-order valence-corrected chi connectivity index (χ3v) is 3.42. The van der Waals surface area contributed by atoms with Crippen molar-refractivity contribution in [3.8, 4) is 0 Å². The molecule has 98 valence electrons. The third-order valence-electron chi connectivity index (χ3n) is 3.42. The van der Waals surface area contributed by atoms with Gasteiger partial charge in [-0.3, -0.25) is 4.79 Å². The minimum Gasteiger partial charge on any atom is -0.395 e. The lowest BCUT2D eigenvalue weighted by Crippen LogP contribution is -2.26. The molecule has 1 heterocycles. The van der Waals surface area contributed by atoms with Gasteiger partial charge in [0.05, 0.1) is 18.3 Å². The molecule has 0 unspecified atom stereocenters.